The van der Waals surface area contributed by atoms with Gasteiger partial charge in [-0.25, -0.2) is 8.42 Å². The molecule has 1 atom stereocenters. The molecule has 1 unspecified atom stereocenters. The van der Waals surface area contributed by atoms with Crippen LogP contribution in [0.1, 0.15) is 20.5 Å². The minimum atomic E-state index is -3.72. The van der Waals surface area contributed by atoms with Crippen LogP contribution in [0.2, 0.25) is 0 Å². The van der Waals surface area contributed by atoms with Crippen LogP contribution < -0.4 is 14.8 Å². The molecule has 29 heavy (non-hydrogen) atoms. The molecule has 3 rings (SSSR count). The Hall–Kier alpha value is -2.84. The second-order valence-electron chi connectivity index (χ2n) is 6.16. The van der Waals surface area contributed by atoms with E-state index in [1.54, 1.807) is 55.6 Å². The Morgan fingerprint density at radius 2 is 1.55 bits per heavy atom. The van der Waals surface area contributed by atoms with Crippen LogP contribution >= 0.6 is 11.3 Å². The third-order valence-electron chi connectivity index (χ3n) is 4.42. The zero-order valence-electron chi connectivity index (χ0n) is 16.0. The summed E-state index contributed by atoms with van der Waals surface area (Å²) in [7, 11) is -0.651. The van der Waals surface area contributed by atoms with Gasteiger partial charge in [0.1, 0.15) is 16.7 Å². The maximum absolute atomic E-state index is 13.3. The molecule has 0 spiro atoms. The van der Waals surface area contributed by atoms with Gasteiger partial charge in [-0.2, -0.15) is 0 Å². The first-order valence-electron chi connectivity index (χ1n) is 8.79. The van der Waals surface area contributed by atoms with Crippen LogP contribution in [0.15, 0.2) is 70.9 Å². The summed E-state index contributed by atoms with van der Waals surface area (Å²) < 4.78 is 36.7. The molecule has 0 aliphatic heterocycles. The lowest BCUT2D eigenvalue weighted by atomic mass is 10.2. The summed E-state index contributed by atoms with van der Waals surface area (Å²) in [5.41, 5.74) is 0.428. The summed E-state index contributed by atoms with van der Waals surface area (Å²) in [6.45, 7) is -0.0419. The Morgan fingerprint density at radius 3 is 2.07 bits per heavy atom. The van der Waals surface area contributed by atoms with E-state index < -0.39 is 15.1 Å². The maximum Gasteiger partial charge on any atom is 0.251 e. The van der Waals surface area contributed by atoms with E-state index >= 15 is 0 Å². The van der Waals surface area contributed by atoms with Crippen molar-refractivity contribution in [2.45, 2.75) is 10.1 Å². The summed E-state index contributed by atoms with van der Waals surface area (Å²) in [6, 6.07) is 16.4. The molecule has 1 aromatic heterocycles. The predicted molar refractivity (Wildman–Crippen MR) is 113 cm³/mol. The molecule has 0 saturated carbocycles. The Morgan fingerprint density at radius 1 is 0.966 bits per heavy atom. The van der Waals surface area contributed by atoms with Crippen molar-refractivity contribution in [3.05, 3.63) is 76.5 Å². The fraction of sp³-hybridized carbons (Fsp3) is 0.190. The van der Waals surface area contributed by atoms with Crippen LogP contribution in [0.3, 0.4) is 0 Å². The normalized spacial score (nSPS) is 12.2. The summed E-state index contributed by atoms with van der Waals surface area (Å²) in [5, 5.41) is 3.67. The number of nitrogens with one attached hydrogen (secondary N) is 1. The molecular formula is C21H21NO5S2. The number of ether oxygens (including phenoxy) is 2. The lowest BCUT2D eigenvalue weighted by Crippen LogP contribution is -2.31. The smallest absolute Gasteiger partial charge is 0.251 e. The highest BCUT2D eigenvalue weighted by Crippen LogP contribution is 2.32. The second kappa shape index (κ2) is 9.11. The molecule has 0 aliphatic carbocycles. The largest absolute Gasteiger partial charge is 0.497 e. The predicted octanol–water partition coefficient (Wildman–Crippen LogP) is 3.71. The van der Waals surface area contributed by atoms with Crippen molar-refractivity contribution in [1.82, 2.24) is 5.32 Å². The number of hydrogen-bond donors (Lipinski definition) is 1. The van der Waals surface area contributed by atoms with E-state index in [9.17, 15) is 13.2 Å². The maximum atomic E-state index is 13.3. The molecule has 0 bridgehead atoms. The van der Waals surface area contributed by atoms with E-state index in [0.29, 0.717) is 21.9 Å². The number of rotatable bonds is 8. The lowest BCUT2D eigenvalue weighted by molar-refractivity contribution is 0.0953. The first-order chi connectivity index (χ1) is 14.0. The number of benzene rings is 2. The van der Waals surface area contributed by atoms with Gasteiger partial charge in [0.15, 0.2) is 9.84 Å². The van der Waals surface area contributed by atoms with Crippen molar-refractivity contribution in [3.63, 3.8) is 0 Å². The summed E-state index contributed by atoms with van der Waals surface area (Å²) in [4.78, 5) is 13.3. The molecule has 0 saturated heterocycles. The average molecular weight is 432 g/mol. The van der Waals surface area contributed by atoms with E-state index in [1.165, 1.54) is 30.6 Å². The number of amides is 1. The molecule has 8 heteroatoms. The summed E-state index contributed by atoms with van der Waals surface area (Å²) in [5.74, 6) is 0.865. The number of sulfone groups is 1. The van der Waals surface area contributed by atoms with Gasteiger partial charge in [-0.3, -0.25) is 4.79 Å². The fourth-order valence-electron chi connectivity index (χ4n) is 2.80. The molecule has 1 amide bonds. The molecule has 6 nitrogen and oxygen atoms in total. The van der Waals surface area contributed by atoms with Gasteiger partial charge in [-0.15, -0.1) is 11.3 Å². The second-order valence-corrected chi connectivity index (χ2v) is 9.27. The van der Waals surface area contributed by atoms with E-state index in [4.69, 9.17) is 9.47 Å². The molecule has 0 radical (unpaired) electrons. The average Bonchev–Trinajstić information content (AvgIpc) is 3.28. The van der Waals surface area contributed by atoms with Gasteiger partial charge in [0.25, 0.3) is 5.91 Å². The molecule has 2 aromatic carbocycles. The van der Waals surface area contributed by atoms with Crippen molar-refractivity contribution in [1.29, 1.82) is 0 Å². The minimum absolute atomic E-state index is 0.0419. The van der Waals surface area contributed by atoms with E-state index in [-0.39, 0.29) is 17.3 Å². The van der Waals surface area contributed by atoms with Gasteiger partial charge in [-0.05, 0) is 60.0 Å². The highest BCUT2D eigenvalue weighted by molar-refractivity contribution is 7.91. The van der Waals surface area contributed by atoms with Gasteiger partial charge in [0.2, 0.25) is 0 Å². The van der Waals surface area contributed by atoms with Crippen molar-refractivity contribution in [2.75, 3.05) is 20.8 Å². The van der Waals surface area contributed by atoms with E-state index in [0.717, 1.165) is 0 Å². The molecular weight excluding hydrogens is 410 g/mol. The van der Waals surface area contributed by atoms with Gasteiger partial charge in [0.05, 0.1) is 19.1 Å². The zero-order valence-corrected chi connectivity index (χ0v) is 17.6. The topological polar surface area (TPSA) is 81.7 Å². The Labute approximate surface area is 174 Å². The van der Waals surface area contributed by atoms with Crippen LogP contribution in [0.25, 0.3) is 0 Å². The highest BCUT2D eigenvalue weighted by atomic mass is 32.2. The lowest BCUT2D eigenvalue weighted by Gasteiger charge is -2.18. The molecule has 0 fully saturated rings. The minimum Gasteiger partial charge on any atom is -0.497 e. The summed E-state index contributed by atoms with van der Waals surface area (Å²) >= 11 is 1.34. The monoisotopic (exact) mass is 431 g/mol. The van der Waals surface area contributed by atoms with Crippen LogP contribution in [0.5, 0.6) is 11.5 Å². The molecule has 1 N–H and O–H groups in total. The Kier molecular flexibility index (Phi) is 6.56. The quantitative estimate of drug-likeness (QED) is 0.588. The first-order valence-corrected chi connectivity index (χ1v) is 11.2. The number of thiophene rings is 1. The number of methoxy groups -OCH3 is 2. The fourth-order valence-corrected chi connectivity index (χ4v) is 5.58. The van der Waals surface area contributed by atoms with Crippen LogP contribution in [0, 0.1) is 0 Å². The van der Waals surface area contributed by atoms with Gasteiger partial charge in [0, 0.05) is 17.0 Å². The van der Waals surface area contributed by atoms with Gasteiger partial charge < -0.3 is 14.8 Å². The van der Waals surface area contributed by atoms with Crippen molar-refractivity contribution < 1.29 is 22.7 Å². The molecule has 152 valence electrons. The molecule has 3 aromatic rings. The number of carbonyl (C=O) groups excluding carboxylic acids is 1. The van der Waals surface area contributed by atoms with Crippen LogP contribution in [-0.2, 0) is 9.84 Å². The Bertz CT molecular complexity index is 1040. The van der Waals surface area contributed by atoms with E-state index in [1.807, 2.05) is 5.38 Å². The zero-order chi connectivity index (χ0) is 20.9. The van der Waals surface area contributed by atoms with Crippen LogP contribution in [-0.4, -0.2) is 35.1 Å². The highest BCUT2D eigenvalue weighted by Gasteiger charge is 2.30. The number of carbonyl (C=O) groups is 1. The SMILES string of the molecule is COc1ccc(C(=O)NCC(c2cccs2)S(=O)(=O)c2ccc(OC)cc2)cc1. The van der Waals surface area contributed by atoms with Crippen molar-refractivity contribution in [3.8, 4) is 11.5 Å². The third-order valence-corrected chi connectivity index (χ3v) is 7.66. The third kappa shape index (κ3) is 4.78. The van der Waals surface area contributed by atoms with Crippen molar-refractivity contribution in [2.24, 2.45) is 0 Å². The molecule has 0 aliphatic rings. The van der Waals surface area contributed by atoms with Gasteiger partial charge in [-0.1, -0.05) is 6.07 Å². The standard InChI is InChI=1S/C21H21NO5S2/c1-26-16-7-5-15(6-8-16)21(23)22-14-20(19-4-3-13-28-19)29(24,25)18-11-9-17(27-2)10-12-18/h3-13,20H,14H2,1-2H3,(H,22,23). The van der Waals surface area contributed by atoms with Gasteiger partial charge >= 0.3 is 0 Å². The van der Waals surface area contributed by atoms with Crippen LogP contribution in [0.4, 0.5) is 0 Å². The number of hydrogen-bond acceptors (Lipinski definition) is 6. The Balaban J connectivity index is 1.82. The first kappa shape index (κ1) is 20.9. The molecule has 1 heterocycles. The summed E-state index contributed by atoms with van der Waals surface area (Å²) in [6.07, 6.45) is 0. The van der Waals surface area contributed by atoms with E-state index in [2.05, 4.69) is 5.32 Å². The van der Waals surface area contributed by atoms with Crippen molar-refractivity contribution >= 4 is 27.1 Å².